The summed E-state index contributed by atoms with van der Waals surface area (Å²) in [7, 11) is 1.46. The van der Waals surface area contributed by atoms with Crippen LogP contribution in [-0.4, -0.2) is 12.9 Å². The number of hydrogen-bond acceptors (Lipinski definition) is 2. The third kappa shape index (κ3) is 2.14. The predicted octanol–water partition coefficient (Wildman–Crippen LogP) is 2.95. The maximum Gasteiger partial charge on any atom is 0.166 e. The molecule has 0 aromatic heterocycles. The molecule has 0 saturated heterocycles. The van der Waals surface area contributed by atoms with Crippen molar-refractivity contribution in [2.24, 2.45) is 0 Å². The summed E-state index contributed by atoms with van der Waals surface area (Å²) >= 11 is 1.61. The van der Waals surface area contributed by atoms with Crippen LogP contribution in [0.4, 0.5) is 4.39 Å². The first-order valence-electron chi connectivity index (χ1n) is 3.74. The molecule has 1 aromatic carbocycles. The van der Waals surface area contributed by atoms with E-state index >= 15 is 0 Å². The Hall–Kier alpha value is -0.700. The van der Waals surface area contributed by atoms with Gasteiger partial charge in [0, 0.05) is 4.90 Å². The van der Waals surface area contributed by atoms with Gasteiger partial charge in [-0.1, -0.05) is 6.92 Å². The number of benzene rings is 1. The number of thioether (sulfide) groups is 1. The zero-order chi connectivity index (χ0) is 8.97. The molecule has 0 radical (unpaired) electrons. The van der Waals surface area contributed by atoms with Crippen molar-refractivity contribution >= 4 is 11.8 Å². The highest BCUT2D eigenvalue weighted by Gasteiger charge is 2.02. The molecule has 0 aliphatic rings. The van der Waals surface area contributed by atoms with E-state index in [2.05, 4.69) is 0 Å². The van der Waals surface area contributed by atoms with Crippen LogP contribution in [0.2, 0.25) is 0 Å². The Morgan fingerprint density at radius 1 is 1.50 bits per heavy atom. The molecule has 1 nitrogen and oxygen atoms in total. The summed E-state index contributed by atoms with van der Waals surface area (Å²) in [6, 6.07) is 5.00. The van der Waals surface area contributed by atoms with E-state index in [9.17, 15) is 4.39 Å². The van der Waals surface area contributed by atoms with Crippen LogP contribution in [0.3, 0.4) is 0 Å². The van der Waals surface area contributed by atoms with E-state index in [1.807, 2.05) is 13.0 Å². The fourth-order valence-corrected chi connectivity index (χ4v) is 1.59. The zero-order valence-corrected chi connectivity index (χ0v) is 7.95. The van der Waals surface area contributed by atoms with Gasteiger partial charge in [0.2, 0.25) is 0 Å². The Kier molecular flexibility index (Phi) is 3.41. The van der Waals surface area contributed by atoms with E-state index in [4.69, 9.17) is 4.74 Å². The summed E-state index contributed by atoms with van der Waals surface area (Å²) in [5.74, 6) is 0.956. The molecular weight excluding hydrogens is 175 g/mol. The SMILES string of the molecule is CCSc1ccc(OC)c(F)c1. The fraction of sp³-hybridized carbons (Fsp3) is 0.333. The van der Waals surface area contributed by atoms with E-state index in [1.165, 1.54) is 13.2 Å². The van der Waals surface area contributed by atoms with Crippen LogP contribution in [-0.2, 0) is 0 Å². The first-order chi connectivity index (χ1) is 5.77. The van der Waals surface area contributed by atoms with Gasteiger partial charge >= 0.3 is 0 Å². The summed E-state index contributed by atoms with van der Waals surface area (Å²) in [4.78, 5) is 0.941. The lowest BCUT2D eigenvalue weighted by atomic mass is 10.3. The number of hydrogen-bond donors (Lipinski definition) is 0. The molecule has 0 spiro atoms. The maximum atomic E-state index is 13.0. The van der Waals surface area contributed by atoms with Crippen molar-refractivity contribution in [1.82, 2.24) is 0 Å². The second kappa shape index (κ2) is 4.36. The molecule has 12 heavy (non-hydrogen) atoms. The molecule has 0 fully saturated rings. The normalized spacial score (nSPS) is 9.92. The molecule has 0 N–H and O–H groups in total. The minimum atomic E-state index is -0.295. The van der Waals surface area contributed by atoms with E-state index in [0.717, 1.165) is 10.6 Å². The zero-order valence-electron chi connectivity index (χ0n) is 7.13. The largest absolute Gasteiger partial charge is 0.494 e. The Bertz CT molecular complexity index is 263. The smallest absolute Gasteiger partial charge is 0.166 e. The lowest BCUT2D eigenvalue weighted by Gasteiger charge is -2.03. The summed E-state index contributed by atoms with van der Waals surface area (Å²) in [5, 5.41) is 0. The molecule has 1 aromatic rings. The second-order valence-electron chi connectivity index (χ2n) is 2.23. The first-order valence-corrected chi connectivity index (χ1v) is 4.72. The quantitative estimate of drug-likeness (QED) is 0.671. The average Bonchev–Trinajstić information content (AvgIpc) is 2.05. The average molecular weight is 186 g/mol. The van der Waals surface area contributed by atoms with Gasteiger partial charge in [-0.05, 0) is 24.0 Å². The molecule has 1 rings (SSSR count). The monoisotopic (exact) mass is 186 g/mol. The fourth-order valence-electron chi connectivity index (χ4n) is 0.904. The lowest BCUT2D eigenvalue weighted by Crippen LogP contribution is -1.87. The number of ether oxygens (including phenoxy) is 1. The van der Waals surface area contributed by atoms with Crippen LogP contribution in [0.15, 0.2) is 23.1 Å². The summed E-state index contributed by atoms with van der Waals surface area (Å²) < 4.78 is 17.8. The van der Waals surface area contributed by atoms with Crippen LogP contribution < -0.4 is 4.74 Å². The van der Waals surface area contributed by atoms with Crippen LogP contribution >= 0.6 is 11.8 Å². The molecule has 0 saturated carbocycles. The van der Waals surface area contributed by atoms with Gasteiger partial charge in [0.25, 0.3) is 0 Å². The Morgan fingerprint density at radius 2 is 2.25 bits per heavy atom. The molecule has 0 bridgehead atoms. The predicted molar refractivity (Wildman–Crippen MR) is 49.4 cm³/mol. The number of rotatable bonds is 3. The minimum absolute atomic E-state index is 0.295. The van der Waals surface area contributed by atoms with Crippen molar-refractivity contribution < 1.29 is 9.13 Å². The van der Waals surface area contributed by atoms with Crippen molar-refractivity contribution in [2.45, 2.75) is 11.8 Å². The molecule has 0 aliphatic carbocycles. The summed E-state index contributed by atoms with van der Waals surface area (Å²) in [5.41, 5.74) is 0. The molecule has 0 heterocycles. The molecule has 0 unspecified atom stereocenters. The lowest BCUT2D eigenvalue weighted by molar-refractivity contribution is 0.385. The van der Waals surface area contributed by atoms with Crippen LogP contribution in [0, 0.1) is 5.82 Å². The van der Waals surface area contributed by atoms with E-state index in [-0.39, 0.29) is 5.82 Å². The minimum Gasteiger partial charge on any atom is -0.494 e. The molecular formula is C9H11FOS. The van der Waals surface area contributed by atoms with E-state index < -0.39 is 0 Å². The second-order valence-corrected chi connectivity index (χ2v) is 3.57. The molecule has 0 aliphatic heterocycles. The van der Waals surface area contributed by atoms with Gasteiger partial charge in [0.1, 0.15) is 0 Å². The highest BCUT2D eigenvalue weighted by molar-refractivity contribution is 7.99. The molecule has 3 heteroatoms. The highest BCUT2D eigenvalue weighted by atomic mass is 32.2. The summed E-state index contributed by atoms with van der Waals surface area (Å²) in [6.45, 7) is 2.03. The van der Waals surface area contributed by atoms with Crippen molar-refractivity contribution in [1.29, 1.82) is 0 Å². The standard InChI is InChI=1S/C9H11FOS/c1-3-12-7-4-5-9(11-2)8(10)6-7/h4-6H,3H2,1-2H3. The van der Waals surface area contributed by atoms with Crippen LogP contribution in [0.25, 0.3) is 0 Å². The Balaban J connectivity index is 2.86. The number of methoxy groups -OCH3 is 1. The van der Waals surface area contributed by atoms with Gasteiger partial charge in [0.15, 0.2) is 11.6 Å². The van der Waals surface area contributed by atoms with Gasteiger partial charge in [-0.25, -0.2) is 4.39 Å². The number of halogens is 1. The van der Waals surface area contributed by atoms with Crippen molar-refractivity contribution in [2.75, 3.05) is 12.9 Å². The van der Waals surface area contributed by atoms with Gasteiger partial charge in [-0.15, -0.1) is 11.8 Å². The third-order valence-corrected chi connectivity index (χ3v) is 2.31. The van der Waals surface area contributed by atoms with Crippen molar-refractivity contribution in [3.63, 3.8) is 0 Å². The van der Waals surface area contributed by atoms with E-state index in [1.54, 1.807) is 17.8 Å². The Morgan fingerprint density at radius 3 is 2.75 bits per heavy atom. The summed E-state index contributed by atoms with van der Waals surface area (Å²) in [6.07, 6.45) is 0. The molecule has 66 valence electrons. The van der Waals surface area contributed by atoms with Gasteiger partial charge in [-0.2, -0.15) is 0 Å². The third-order valence-electron chi connectivity index (χ3n) is 1.43. The molecule has 0 amide bonds. The van der Waals surface area contributed by atoms with E-state index in [0.29, 0.717) is 5.75 Å². The van der Waals surface area contributed by atoms with Gasteiger partial charge in [0.05, 0.1) is 7.11 Å². The van der Waals surface area contributed by atoms with Crippen LogP contribution in [0.1, 0.15) is 6.92 Å². The van der Waals surface area contributed by atoms with Crippen molar-refractivity contribution in [3.8, 4) is 5.75 Å². The van der Waals surface area contributed by atoms with Gasteiger partial charge < -0.3 is 4.74 Å². The first kappa shape index (κ1) is 9.39. The topological polar surface area (TPSA) is 9.23 Å². The Labute approximate surface area is 75.9 Å². The van der Waals surface area contributed by atoms with Crippen molar-refractivity contribution in [3.05, 3.63) is 24.0 Å². The maximum absolute atomic E-state index is 13.0. The molecule has 0 atom stereocenters. The van der Waals surface area contributed by atoms with Crippen LogP contribution in [0.5, 0.6) is 5.75 Å². The highest BCUT2D eigenvalue weighted by Crippen LogP contribution is 2.24. The van der Waals surface area contributed by atoms with Gasteiger partial charge in [-0.3, -0.25) is 0 Å².